The first-order valence-electron chi connectivity index (χ1n) is 13.7. The van der Waals surface area contributed by atoms with Crippen LogP contribution in [0.4, 0.5) is 20.2 Å². The summed E-state index contributed by atoms with van der Waals surface area (Å²) in [4.78, 5) is 12.1. The molecule has 2 aliphatic rings. The van der Waals surface area contributed by atoms with Crippen molar-refractivity contribution < 1.29 is 13.5 Å². The van der Waals surface area contributed by atoms with Crippen LogP contribution in [0.15, 0.2) is 65.0 Å². The Morgan fingerprint density at radius 2 is 1.95 bits per heavy atom. The molecule has 0 saturated carbocycles. The summed E-state index contributed by atoms with van der Waals surface area (Å²) in [5.41, 5.74) is 2.73. The zero-order chi connectivity index (χ0) is 28.4. The van der Waals surface area contributed by atoms with Gasteiger partial charge in [-0.1, -0.05) is 19.9 Å². The lowest BCUT2D eigenvalue weighted by molar-refractivity contribution is 0.199. The molecule has 2 aliphatic heterocycles. The van der Waals surface area contributed by atoms with Crippen molar-refractivity contribution in [3.63, 3.8) is 0 Å². The number of rotatable bonds is 5. The van der Waals surface area contributed by atoms with Gasteiger partial charge in [0.25, 0.3) is 0 Å². The lowest BCUT2D eigenvalue weighted by Crippen LogP contribution is -2.51. The number of halogens is 2. The number of nitrogens with one attached hydrogen (secondary N) is 2. The lowest BCUT2D eigenvalue weighted by atomic mass is 9.99. The minimum absolute atomic E-state index is 0.0829. The van der Waals surface area contributed by atoms with Crippen LogP contribution < -0.4 is 15.0 Å². The monoisotopic (exact) mass is 544 g/mol. The van der Waals surface area contributed by atoms with Crippen LogP contribution in [0.25, 0.3) is 10.9 Å². The number of aromatic amines is 1. The first-order chi connectivity index (χ1) is 19.3. The minimum Gasteiger partial charge on any atom is -0.457 e. The second-order valence-electron chi connectivity index (χ2n) is 10.5. The van der Waals surface area contributed by atoms with Gasteiger partial charge >= 0.3 is 0 Å². The van der Waals surface area contributed by atoms with E-state index in [2.05, 4.69) is 57.1 Å². The van der Waals surface area contributed by atoms with E-state index >= 15 is 4.39 Å². The van der Waals surface area contributed by atoms with Crippen molar-refractivity contribution in [1.82, 2.24) is 9.88 Å². The van der Waals surface area contributed by atoms with Crippen molar-refractivity contribution in [2.75, 3.05) is 36.4 Å². The molecular weight excluding hydrogens is 510 g/mol. The number of anilines is 2. The molecular formula is C31H34F2N6O. The lowest BCUT2D eigenvalue weighted by Gasteiger charge is -2.40. The van der Waals surface area contributed by atoms with Crippen LogP contribution in [-0.4, -0.2) is 47.9 Å². The summed E-state index contributed by atoms with van der Waals surface area (Å²) in [6, 6.07) is 13.2. The number of likely N-dealkylation sites (N-methyl/N-ethyl adjacent to an activating group) is 1. The van der Waals surface area contributed by atoms with Gasteiger partial charge in [0.1, 0.15) is 17.4 Å². The Bertz CT molecular complexity index is 1530. The molecule has 0 bridgehead atoms. The molecule has 40 heavy (non-hydrogen) atoms. The second-order valence-corrected chi connectivity index (χ2v) is 10.5. The number of ether oxygens (including phenoxy) is 1. The highest BCUT2D eigenvalue weighted by atomic mass is 19.1. The van der Waals surface area contributed by atoms with E-state index in [0.29, 0.717) is 18.2 Å². The number of aryl methyl sites for hydroxylation is 1. The number of hydrogen-bond donors (Lipinski definition) is 2. The van der Waals surface area contributed by atoms with Gasteiger partial charge in [-0.2, -0.15) is 5.26 Å². The van der Waals surface area contributed by atoms with E-state index < -0.39 is 11.6 Å². The van der Waals surface area contributed by atoms with Crippen LogP contribution in [0.5, 0.6) is 5.75 Å². The van der Waals surface area contributed by atoms with Gasteiger partial charge in [-0.25, -0.2) is 13.8 Å². The highest BCUT2D eigenvalue weighted by molar-refractivity contribution is 6.11. The second kappa shape index (κ2) is 11.5. The average molecular weight is 545 g/mol. The van der Waals surface area contributed by atoms with Crippen LogP contribution >= 0.6 is 0 Å². The number of nitriles is 1. The average Bonchev–Trinajstić information content (AvgIpc) is 3.35. The summed E-state index contributed by atoms with van der Waals surface area (Å²) in [5.74, 6) is -1.37. The molecule has 7 nitrogen and oxygen atoms in total. The number of nitrogens with zero attached hydrogens (tertiary/aromatic N) is 4. The number of allylic oxidation sites excluding steroid dienone is 2. The minimum atomic E-state index is -0.688. The van der Waals surface area contributed by atoms with E-state index in [-0.39, 0.29) is 39.7 Å². The molecule has 5 rings (SSSR count). The largest absolute Gasteiger partial charge is 0.457 e. The van der Waals surface area contributed by atoms with Gasteiger partial charge in [0.15, 0.2) is 23.2 Å². The third-order valence-corrected chi connectivity index (χ3v) is 7.63. The Hall–Kier alpha value is -4.16. The number of aliphatic imine (C=N–C) groups is 1. The molecule has 2 unspecified atom stereocenters. The summed E-state index contributed by atoms with van der Waals surface area (Å²) in [6.45, 7) is 12.1. The van der Waals surface area contributed by atoms with E-state index in [0.717, 1.165) is 43.6 Å². The Morgan fingerprint density at radius 1 is 1.18 bits per heavy atom. The Labute approximate surface area is 233 Å². The summed E-state index contributed by atoms with van der Waals surface area (Å²) in [5, 5.41) is 13.5. The summed E-state index contributed by atoms with van der Waals surface area (Å²) in [7, 11) is 0. The predicted octanol–water partition coefficient (Wildman–Crippen LogP) is 6.51. The number of piperazine rings is 1. The fourth-order valence-corrected chi connectivity index (χ4v) is 5.40. The SMILES string of the molecule is CCN1CCN(c2ccc(NC3=N/C=C/CC(C)C(Oc4cc(F)c5[nH]c(C)cc5c4F)=C3C#N)cc2)CC1C. The van der Waals surface area contributed by atoms with Crippen LogP contribution in [0.1, 0.15) is 32.9 Å². The number of aromatic nitrogens is 1. The van der Waals surface area contributed by atoms with Gasteiger partial charge in [0.05, 0.1) is 5.52 Å². The third kappa shape index (κ3) is 5.45. The molecule has 2 atom stereocenters. The molecule has 9 heteroatoms. The van der Waals surface area contributed by atoms with E-state index in [1.165, 1.54) is 6.07 Å². The van der Waals surface area contributed by atoms with Crippen molar-refractivity contribution in [3.05, 3.63) is 77.3 Å². The van der Waals surface area contributed by atoms with Gasteiger partial charge in [0, 0.05) is 66.3 Å². The number of fused-ring (bicyclic) bond motifs is 1. The molecule has 0 spiro atoms. The maximum absolute atomic E-state index is 15.4. The smallest absolute Gasteiger partial charge is 0.175 e. The molecule has 3 aromatic rings. The highest BCUT2D eigenvalue weighted by Gasteiger charge is 2.26. The quantitative estimate of drug-likeness (QED) is 0.383. The van der Waals surface area contributed by atoms with Crippen molar-refractivity contribution >= 4 is 28.1 Å². The first kappa shape index (κ1) is 27.4. The van der Waals surface area contributed by atoms with Crippen LogP contribution in [0.2, 0.25) is 0 Å². The normalized spacial score (nSPS) is 21.0. The molecule has 0 amide bonds. The van der Waals surface area contributed by atoms with Crippen molar-refractivity contribution in [1.29, 1.82) is 5.26 Å². The fraction of sp³-hybridized carbons (Fsp3) is 0.355. The number of benzene rings is 2. The van der Waals surface area contributed by atoms with Crippen molar-refractivity contribution in [3.8, 4) is 11.8 Å². The van der Waals surface area contributed by atoms with E-state index in [9.17, 15) is 9.65 Å². The predicted molar refractivity (Wildman–Crippen MR) is 156 cm³/mol. The highest BCUT2D eigenvalue weighted by Crippen LogP contribution is 2.34. The Balaban J connectivity index is 1.42. The molecule has 2 N–H and O–H groups in total. The summed E-state index contributed by atoms with van der Waals surface area (Å²) >= 11 is 0. The first-order valence-corrected chi connectivity index (χ1v) is 13.7. The van der Waals surface area contributed by atoms with Gasteiger partial charge in [-0.05, 0) is 57.1 Å². The maximum Gasteiger partial charge on any atom is 0.175 e. The molecule has 0 aliphatic carbocycles. The Kier molecular flexibility index (Phi) is 7.90. The molecule has 0 radical (unpaired) electrons. The topological polar surface area (TPSA) is 79.7 Å². The zero-order valence-electron chi connectivity index (χ0n) is 23.3. The van der Waals surface area contributed by atoms with Crippen LogP contribution in [0, 0.1) is 35.8 Å². The summed E-state index contributed by atoms with van der Waals surface area (Å²) in [6.07, 6.45) is 4.02. The molecule has 3 heterocycles. The molecule has 208 valence electrons. The van der Waals surface area contributed by atoms with Gasteiger partial charge in [-0.3, -0.25) is 4.90 Å². The molecule has 1 saturated heterocycles. The molecule has 2 aromatic carbocycles. The van der Waals surface area contributed by atoms with Gasteiger partial charge in [-0.15, -0.1) is 0 Å². The number of hydrogen-bond acceptors (Lipinski definition) is 6. The standard InChI is InChI=1S/C31H34F2N6O/c1-5-38-13-14-39(18-21(38)4)23-10-8-22(9-11-23)37-31-25(17-34)30(19(2)7-6-12-35-31)40-27-16-26(32)29-24(28(27)33)15-20(3)36-29/h6,8-12,15-16,19,21,36H,5,7,13-14,18H2,1-4H3,(H,35,37)/b12-6+,30-25?. The Morgan fingerprint density at radius 3 is 2.65 bits per heavy atom. The fourth-order valence-electron chi connectivity index (χ4n) is 5.40. The molecule has 1 aromatic heterocycles. The number of amidine groups is 1. The zero-order valence-corrected chi connectivity index (χ0v) is 23.3. The maximum atomic E-state index is 15.4. The van der Waals surface area contributed by atoms with Gasteiger partial charge < -0.3 is 19.9 Å². The van der Waals surface area contributed by atoms with Crippen LogP contribution in [0.3, 0.4) is 0 Å². The van der Waals surface area contributed by atoms with Crippen molar-refractivity contribution in [2.24, 2.45) is 10.9 Å². The van der Waals surface area contributed by atoms with E-state index in [1.54, 1.807) is 13.1 Å². The van der Waals surface area contributed by atoms with E-state index in [4.69, 9.17) is 4.74 Å². The summed E-state index contributed by atoms with van der Waals surface area (Å²) < 4.78 is 36.2. The van der Waals surface area contributed by atoms with E-state index in [1.807, 2.05) is 25.1 Å². The van der Waals surface area contributed by atoms with Gasteiger partial charge in [0.2, 0.25) is 0 Å². The molecule has 1 fully saturated rings. The van der Waals surface area contributed by atoms with Crippen molar-refractivity contribution in [2.45, 2.75) is 40.2 Å². The number of H-pyrrole nitrogens is 1. The third-order valence-electron chi connectivity index (χ3n) is 7.63. The van der Waals surface area contributed by atoms with Crippen LogP contribution in [-0.2, 0) is 0 Å².